The monoisotopic (exact) mass is 190 g/mol. The van der Waals surface area contributed by atoms with E-state index in [-0.39, 0.29) is 0 Å². The van der Waals surface area contributed by atoms with Crippen LogP contribution in [0.25, 0.3) is 0 Å². The van der Waals surface area contributed by atoms with Crippen LogP contribution in [-0.4, -0.2) is 5.78 Å². The summed E-state index contributed by atoms with van der Waals surface area (Å²) in [4.78, 5) is 11.5. The summed E-state index contributed by atoms with van der Waals surface area (Å²) in [7, 11) is 0. The minimum Gasteiger partial charge on any atom is -0.300 e. The van der Waals surface area contributed by atoms with E-state index >= 15 is 0 Å². The van der Waals surface area contributed by atoms with Crippen molar-refractivity contribution >= 4 is 5.78 Å². The van der Waals surface area contributed by atoms with Crippen molar-refractivity contribution in [3.05, 3.63) is 12.2 Å². The highest BCUT2D eigenvalue weighted by molar-refractivity contribution is 5.79. The smallest absolute Gasteiger partial charge is 0.133 e. The molecule has 0 aromatic heterocycles. The van der Waals surface area contributed by atoms with Crippen LogP contribution in [0.1, 0.15) is 44.9 Å². The molecule has 4 aliphatic carbocycles. The fraction of sp³-hybridized carbons (Fsp3) is 0.769. The number of fused-ring (bicyclic) bond motifs is 2. The fourth-order valence-electron chi connectivity index (χ4n) is 4.06. The summed E-state index contributed by atoms with van der Waals surface area (Å²) in [6, 6.07) is 0. The second-order valence-electron chi connectivity index (χ2n) is 5.61. The van der Waals surface area contributed by atoms with E-state index in [0.717, 1.165) is 25.2 Å². The SMILES string of the molecule is C=C1C[C@@]23CCC(=O)C[C@@H]2C[C@@H]1CC3. The highest BCUT2D eigenvalue weighted by atomic mass is 16.1. The molecule has 14 heavy (non-hydrogen) atoms. The number of hydrogen-bond acceptors (Lipinski definition) is 1. The topological polar surface area (TPSA) is 17.1 Å². The van der Waals surface area contributed by atoms with E-state index in [0.29, 0.717) is 17.1 Å². The number of allylic oxidation sites excluding steroid dienone is 1. The Morgan fingerprint density at radius 3 is 3.00 bits per heavy atom. The van der Waals surface area contributed by atoms with E-state index in [1.165, 1.54) is 31.3 Å². The molecule has 0 unspecified atom stereocenters. The molecule has 1 nitrogen and oxygen atoms in total. The number of rotatable bonds is 0. The lowest BCUT2D eigenvalue weighted by molar-refractivity contribution is -0.128. The van der Waals surface area contributed by atoms with E-state index in [2.05, 4.69) is 6.58 Å². The molecule has 0 aromatic rings. The van der Waals surface area contributed by atoms with Crippen LogP contribution in [0.5, 0.6) is 0 Å². The molecule has 76 valence electrons. The van der Waals surface area contributed by atoms with Crippen LogP contribution in [0.2, 0.25) is 0 Å². The first-order valence-corrected chi connectivity index (χ1v) is 5.89. The van der Waals surface area contributed by atoms with E-state index < -0.39 is 0 Å². The summed E-state index contributed by atoms with van der Waals surface area (Å²) in [5, 5.41) is 0. The Morgan fingerprint density at radius 1 is 1.36 bits per heavy atom. The molecule has 4 rings (SSSR count). The van der Waals surface area contributed by atoms with E-state index in [1.54, 1.807) is 0 Å². The zero-order chi connectivity index (χ0) is 9.76. The van der Waals surface area contributed by atoms with Crippen LogP contribution in [0.4, 0.5) is 0 Å². The lowest BCUT2D eigenvalue weighted by Crippen LogP contribution is -2.46. The van der Waals surface area contributed by atoms with Gasteiger partial charge in [0.05, 0.1) is 0 Å². The van der Waals surface area contributed by atoms with E-state index in [4.69, 9.17) is 0 Å². The molecule has 0 N–H and O–H groups in total. The summed E-state index contributed by atoms with van der Waals surface area (Å²) < 4.78 is 0. The second kappa shape index (κ2) is 2.71. The van der Waals surface area contributed by atoms with Crippen molar-refractivity contribution < 1.29 is 4.79 Å². The van der Waals surface area contributed by atoms with Gasteiger partial charge in [0.1, 0.15) is 5.78 Å². The molecule has 0 heterocycles. The van der Waals surface area contributed by atoms with E-state index in [1.807, 2.05) is 0 Å². The third-order valence-electron chi connectivity index (χ3n) is 4.96. The van der Waals surface area contributed by atoms with Crippen molar-refractivity contribution in [2.45, 2.75) is 44.9 Å². The summed E-state index contributed by atoms with van der Waals surface area (Å²) >= 11 is 0. The molecule has 2 bridgehead atoms. The van der Waals surface area contributed by atoms with Crippen molar-refractivity contribution in [2.24, 2.45) is 17.3 Å². The Labute approximate surface area is 85.6 Å². The van der Waals surface area contributed by atoms with Crippen molar-refractivity contribution in [3.8, 4) is 0 Å². The molecule has 4 saturated carbocycles. The third-order valence-corrected chi connectivity index (χ3v) is 4.96. The van der Waals surface area contributed by atoms with Gasteiger partial charge in [-0.2, -0.15) is 0 Å². The minimum atomic E-state index is 0.513. The van der Waals surface area contributed by atoms with Crippen molar-refractivity contribution in [1.29, 1.82) is 0 Å². The normalized spacial score (nSPS) is 46.6. The number of carbonyl (C=O) groups excluding carboxylic acids is 1. The zero-order valence-electron chi connectivity index (χ0n) is 8.72. The van der Waals surface area contributed by atoms with Gasteiger partial charge in [0, 0.05) is 12.8 Å². The Bertz CT molecular complexity index is 304. The van der Waals surface area contributed by atoms with E-state index in [9.17, 15) is 4.79 Å². The average Bonchev–Trinajstić information content (AvgIpc) is 2.17. The standard InChI is InChI=1S/C13H18O/c1-9-8-13-4-2-10(9)6-11(13)7-12(14)3-5-13/h10-11H,1-8H2/t10-,11-,13+/m0/s1. The van der Waals surface area contributed by atoms with Gasteiger partial charge in [-0.3, -0.25) is 4.79 Å². The molecule has 0 saturated heterocycles. The number of ketones is 1. The van der Waals surface area contributed by atoms with Crippen LogP contribution >= 0.6 is 0 Å². The summed E-state index contributed by atoms with van der Waals surface area (Å²) in [6.45, 7) is 4.22. The molecule has 1 spiro atoms. The molecule has 3 atom stereocenters. The maximum Gasteiger partial charge on any atom is 0.133 e. The Hall–Kier alpha value is -0.590. The minimum absolute atomic E-state index is 0.513. The van der Waals surface area contributed by atoms with Gasteiger partial charge in [0.15, 0.2) is 0 Å². The van der Waals surface area contributed by atoms with Gasteiger partial charge >= 0.3 is 0 Å². The largest absolute Gasteiger partial charge is 0.300 e. The maximum atomic E-state index is 11.5. The molecule has 0 aromatic carbocycles. The van der Waals surface area contributed by atoms with Crippen LogP contribution in [0, 0.1) is 17.3 Å². The predicted molar refractivity (Wildman–Crippen MR) is 55.9 cm³/mol. The van der Waals surface area contributed by atoms with Gasteiger partial charge in [-0.25, -0.2) is 0 Å². The lowest BCUT2D eigenvalue weighted by atomic mass is 9.49. The van der Waals surface area contributed by atoms with Gasteiger partial charge in [0.25, 0.3) is 0 Å². The summed E-state index contributed by atoms with van der Waals surface area (Å²) in [5.74, 6) is 1.99. The highest BCUT2D eigenvalue weighted by Gasteiger charge is 2.51. The first-order chi connectivity index (χ1) is 6.70. The van der Waals surface area contributed by atoms with Crippen LogP contribution < -0.4 is 0 Å². The molecule has 4 fully saturated rings. The quantitative estimate of drug-likeness (QED) is 0.536. The Balaban J connectivity index is 1.92. The summed E-state index contributed by atoms with van der Waals surface area (Å²) in [5.41, 5.74) is 2.00. The van der Waals surface area contributed by atoms with Crippen molar-refractivity contribution in [1.82, 2.24) is 0 Å². The zero-order valence-corrected chi connectivity index (χ0v) is 8.72. The highest BCUT2D eigenvalue weighted by Crippen LogP contribution is 2.60. The summed E-state index contributed by atoms with van der Waals surface area (Å²) in [6.07, 6.45) is 8.10. The van der Waals surface area contributed by atoms with Crippen molar-refractivity contribution in [3.63, 3.8) is 0 Å². The molecule has 4 aliphatic rings. The first-order valence-electron chi connectivity index (χ1n) is 5.89. The van der Waals surface area contributed by atoms with Gasteiger partial charge in [-0.15, -0.1) is 0 Å². The third kappa shape index (κ3) is 1.04. The fourth-order valence-corrected chi connectivity index (χ4v) is 4.06. The number of carbonyl (C=O) groups is 1. The first kappa shape index (κ1) is 8.70. The second-order valence-corrected chi connectivity index (χ2v) is 5.61. The van der Waals surface area contributed by atoms with Gasteiger partial charge in [-0.1, -0.05) is 12.2 Å². The predicted octanol–water partition coefficient (Wildman–Crippen LogP) is 3.10. The van der Waals surface area contributed by atoms with Crippen LogP contribution in [0.3, 0.4) is 0 Å². The Morgan fingerprint density at radius 2 is 2.21 bits per heavy atom. The van der Waals surface area contributed by atoms with Gasteiger partial charge in [0.2, 0.25) is 0 Å². The van der Waals surface area contributed by atoms with Crippen LogP contribution in [-0.2, 0) is 4.79 Å². The maximum absolute atomic E-state index is 11.5. The molecule has 0 amide bonds. The number of hydrogen-bond donors (Lipinski definition) is 0. The molecular weight excluding hydrogens is 172 g/mol. The average molecular weight is 190 g/mol. The van der Waals surface area contributed by atoms with Gasteiger partial charge in [-0.05, 0) is 49.4 Å². The van der Waals surface area contributed by atoms with Crippen molar-refractivity contribution in [2.75, 3.05) is 0 Å². The molecule has 0 radical (unpaired) electrons. The number of Topliss-reactive ketones (excluding diaryl/α,β-unsaturated/α-hetero) is 1. The lowest BCUT2D eigenvalue weighted by Gasteiger charge is -2.55. The molecular formula is C13H18O. The van der Waals surface area contributed by atoms with Gasteiger partial charge < -0.3 is 0 Å². The Kier molecular flexibility index (Phi) is 1.68. The molecule has 1 heteroatoms. The van der Waals surface area contributed by atoms with Crippen LogP contribution in [0.15, 0.2) is 12.2 Å². The molecule has 0 aliphatic heterocycles.